The highest BCUT2D eigenvalue weighted by Crippen LogP contribution is 2.23. The normalized spacial score (nSPS) is 11.8. The van der Waals surface area contributed by atoms with E-state index in [0.717, 1.165) is 0 Å². The summed E-state index contributed by atoms with van der Waals surface area (Å²) in [6, 6.07) is 9.83. The molecular formula is C21H23Cl2FN2O3. The first kappa shape index (κ1) is 23.0. The molecule has 0 aromatic heterocycles. The molecule has 8 heteroatoms. The van der Waals surface area contributed by atoms with Crippen LogP contribution in [0.3, 0.4) is 0 Å². The van der Waals surface area contributed by atoms with Gasteiger partial charge in [0.05, 0.1) is 0 Å². The van der Waals surface area contributed by atoms with Gasteiger partial charge in [0.1, 0.15) is 6.04 Å². The van der Waals surface area contributed by atoms with Crippen LogP contribution in [0.5, 0.6) is 5.75 Å². The number of nitrogens with one attached hydrogen (secondary N) is 1. The fourth-order valence-electron chi connectivity index (χ4n) is 2.61. The number of rotatable bonds is 8. The van der Waals surface area contributed by atoms with E-state index in [1.807, 2.05) is 13.8 Å². The summed E-state index contributed by atoms with van der Waals surface area (Å²) >= 11 is 12.2. The topological polar surface area (TPSA) is 58.6 Å². The lowest BCUT2D eigenvalue weighted by Gasteiger charge is -2.29. The second-order valence-electron chi connectivity index (χ2n) is 6.82. The lowest BCUT2D eigenvalue weighted by atomic mass is 10.1. The third-order valence-electron chi connectivity index (χ3n) is 4.14. The molecule has 0 radical (unpaired) electrons. The Morgan fingerprint density at radius 1 is 1.14 bits per heavy atom. The van der Waals surface area contributed by atoms with E-state index in [9.17, 15) is 14.0 Å². The third-order valence-corrected chi connectivity index (χ3v) is 4.73. The summed E-state index contributed by atoms with van der Waals surface area (Å²) in [4.78, 5) is 26.7. The zero-order chi connectivity index (χ0) is 21.6. The third kappa shape index (κ3) is 6.61. The summed E-state index contributed by atoms with van der Waals surface area (Å²) in [5.41, 5.74) is 0.625. The number of hydrogen-bond donors (Lipinski definition) is 1. The lowest BCUT2D eigenvalue weighted by Crippen LogP contribution is -2.50. The van der Waals surface area contributed by atoms with Gasteiger partial charge in [0.2, 0.25) is 5.91 Å². The van der Waals surface area contributed by atoms with Gasteiger partial charge >= 0.3 is 0 Å². The summed E-state index contributed by atoms with van der Waals surface area (Å²) in [6.45, 7) is 4.92. The Labute approximate surface area is 179 Å². The summed E-state index contributed by atoms with van der Waals surface area (Å²) in [5, 5.41) is 3.62. The number of hydrogen-bond acceptors (Lipinski definition) is 3. The van der Waals surface area contributed by atoms with Gasteiger partial charge in [-0.1, -0.05) is 41.4 Å². The van der Waals surface area contributed by atoms with Crippen molar-refractivity contribution in [2.75, 3.05) is 6.61 Å². The first-order valence-corrected chi connectivity index (χ1v) is 9.85. The molecule has 2 rings (SSSR count). The van der Waals surface area contributed by atoms with Crippen molar-refractivity contribution in [2.45, 2.75) is 39.4 Å². The van der Waals surface area contributed by atoms with Crippen molar-refractivity contribution < 1.29 is 18.7 Å². The van der Waals surface area contributed by atoms with Gasteiger partial charge in [0.25, 0.3) is 5.91 Å². The Morgan fingerprint density at radius 2 is 1.83 bits per heavy atom. The molecule has 2 aromatic rings. The Hall–Kier alpha value is -2.31. The fraction of sp³-hybridized carbons (Fsp3) is 0.333. The van der Waals surface area contributed by atoms with Gasteiger partial charge in [-0.2, -0.15) is 0 Å². The predicted molar refractivity (Wildman–Crippen MR) is 112 cm³/mol. The van der Waals surface area contributed by atoms with E-state index in [1.54, 1.807) is 31.2 Å². The summed E-state index contributed by atoms with van der Waals surface area (Å²) in [6.07, 6.45) is 0. The van der Waals surface area contributed by atoms with E-state index in [0.29, 0.717) is 15.6 Å². The van der Waals surface area contributed by atoms with E-state index >= 15 is 0 Å². The summed E-state index contributed by atoms with van der Waals surface area (Å²) in [7, 11) is 0. The van der Waals surface area contributed by atoms with Gasteiger partial charge in [-0.25, -0.2) is 4.39 Å². The van der Waals surface area contributed by atoms with Crippen LogP contribution in [0.1, 0.15) is 26.3 Å². The van der Waals surface area contributed by atoms with Gasteiger partial charge in [0, 0.05) is 22.6 Å². The second-order valence-corrected chi connectivity index (χ2v) is 7.66. The molecule has 2 aromatic carbocycles. The molecule has 156 valence electrons. The van der Waals surface area contributed by atoms with Crippen molar-refractivity contribution >= 4 is 35.0 Å². The van der Waals surface area contributed by atoms with Crippen LogP contribution < -0.4 is 10.1 Å². The molecule has 0 saturated heterocycles. The van der Waals surface area contributed by atoms with E-state index in [2.05, 4.69) is 5.32 Å². The van der Waals surface area contributed by atoms with Crippen molar-refractivity contribution in [3.8, 4) is 5.75 Å². The zero-order valence-corrected chi connectivity index (χ0v) is 17.9. The number of amides is 2. The average molecular weight is 441 g/mol. The van der Waals surface area contributed by atoms with Crippen LogP contribution in [-0.2, 0) is 16.1 Å². The fourth-order valence-corrected chi connectivity index (χ4v) is 3.07. The van der Waals surface area contributed by atoms with Crippen LogP contribution in [0.25, 0.3) is 0 Å². The Kier molecular flexibility index (Phi) is 8.29. The van der Waals surface area contributed by atoms with E-state index in [4.69, 9.17) is 27.9 Å². The highest BCUT2D eigenvalue weighted by Gasteiger charge is 2.27. The standard InChI is InChI=1S/C21H23Cl2FN2O3/c1-13(2)25-21(28)14(3)26(11-15-8-9-16(22)10-17(15)23)20(27)12-29-19-7-5-4-6-18(19)24/h4-10,13-14H,11-12H2,1-3H3,(H,25,28)/t14-/m0/s1. The maximum absolute atomic E-state index is 13.8. The quantitative estimate of drug-likeness (QED) is 0.659. The number of ether oxygens (including phenoxy) is 1. The van der Waals surface area contributed by atoms with Crippen LogP contribution in [0.15, 0.2) is 42.5 Å². The van der Waals surface area contributed by atoms with E-state index in [-0.39, 0.29) is 24.2 Å². The molecule has 1 N–H and O–H groups in total. The molecule has 2 amide bonds. The minimum Gasteiger partial charge on any atom is -0.481 e. The van der Waals surface area contributed by atoms with Crippen LogP contribution in [0.2, 0.25) is 10.0 Å². The molecule has 0 aliphatic heterocycles. The number of halogens is 3. The molecule has 29 heavy (non-hydrogen) atoms. The Balaban J connectivity index is 2.21. The largest absolute Gasteiger partial charge is 0.481 e. The van der Waals surface area contributed by atoms with Gasteiger partial charge < -0.3 is 15.0 Å². The SMILES string of the molecule is CC(C)NC(=O)[C@H](C)N(Cc1ccc(Cl)cc1Cl)C(=O)COc1ccccc1F. The highest BCUT2D eigenvalue weighted by atomic mass is 35.5. The van der Waals surface area contributed by atoms with Crippen LogP contribution in [0.4, 0.5) is 4.39 Å². The maximum atomic E-state index is 13.8. The molecule has 0 bridgehead atoms. The van der Waals surface area contributed by atoms with Gasteiger partial charge in [-0.3, -0.25) is 9.59 Å². The van der Waals surface area contributed by atoms with Crippen molar-refractivity contribution in [2.24, 2.45) is 0 Å². The Bertz CT molecular complexity index is 877. The zero-order valence-electron chi connectivity index (χ0n) is 16.4. The first-order chi connectivity index (χ1) is 13.7. The van der Waals surface area contributed by atoms with Crippen molar-refractivity contribution in [1.29, 1.82) is 0 Å². The summed E-state index contributed by atoms with van der Waals surface area (Å²) in [5.74, 6) is -1.40. The number of nitrogens with zero attached hydrogens (tertiary/aromatic N) is 1. The van der Waals surface area contributed by atoms with Gasteiger partial charge in [-0.15, -0.1) is 0 Å². The molecule has 0 spiro atoms. The minimum absolute atomic E-state index is 0.0374. The molecule has 0 heterocycles. The number of carbonyl (C=O) groups is 2. The molecule has 1 atom stereocenters. The minimum atomic E-state index is -0.791. The lowest BCUT2D eigenvalue weighted by molar-refractivity contribution is -0.142. The predicted octanol–water partition coefficient (Wildman–Crippen LogP) is 4.45. The molecule has 0 aliphatic carbocycles. The maximum Gasteiger partial charge on any atom is 0.261 e. The molecule has 0 aliphatic rings. The molecule has 0 unspecified atom stereocenters. The Morgan fingerprint density at radius 3 is 2.45 bits per heavy atom. The van der Waals surface area contributed by atoms with Crippen molar-refractivity contribution in [3.63, 3.8) is 0 Å². The van der Waals surface area contributed by atoms with Gasteiger partial charge in [-0.05, 0) is 50.6 Å². The van der Waals surface area contributed by atoms with Crippen LogP contribution in [-0.4, -0.2) is 35.4 Å². The average Bonchev–Trinajstić information content (AvgIpc) is 2.65. The first-order valence-electron chi connectivity index (χ1n) is 9.10. The molecule has 0 saturated carbocycles. The van der Waals surface area contributed by atoms with Crippen molar-refractivity contribution in [1.82, 2.24) is 10.2 Å². The van der Waals surface area contributed by atoms with Crippen molar-refractivity contribution in [3.05, 3.63) is 63.9 Å². The van der Waals surface area contributed by atoms with E-state index < -0.39 is 24.4 Å². The van der Waals surface area contributed by atoms with Crippen LogP contribution >= 0.6 is 23.2 Å². The molecule has 0 fully saturated rings. The number of benzene rings is 2. The van der Waals surface area contributed by atoms with Crippen LogP contribution in [0, 0.1) is 5.82 Å². The van der Waals surface area contributed by atoms with Gasteiger partial charge in [0.15, 0.2) is 18.2 Å². The monoisotopic (exact) mass is 440 g/mol. The van der Waals surface area contributed by atoms with E-state index in [1.165, 1.54) is 23.1 Å². The molecule has 5 nitrogen and oxygen atoms in total. The number of para-hydroxylation sites is 1. The molecular weight excluding hydrogens is 418 g/mol. The summed E-state index contributed by atoms with van der Waals surface area (Å²) < 4.78 is 19.1. The number of carbonyl (C=O) groups excluding carboxylic acids is 2. The highest BCUT2D eigenvalue weighted by molar-refractivity contribution is 6.35. The second kappa shape index (κ2) is 10.5. The smallest absolute Gasteiger partial charge is 0.261 e.